The molecule has 0 saturated heterocycles. The van der Waals surface area contributed by atoms with Gasteiger partial charge in [-0.05, 0) is 57.0 Å². The first-order valence-corrected chi connectivity index (χ1v) is 7.29. The molecule has 4 nitrogen and oxygen atoms in total. The zero-order chi connectivity index (χ0) is 14.8. The number of ether oxygens (including phenoxy) is 3. The minimum absolute atomic E-state index is 0.670. The van der Waals surface area contributed by atoms with Gasteiger partial charge in [0, 0.05) is 0 Å². The van der Waals surface area contributed by atoms with Gasteiger partial charge in [-0.25, -0.2) is 0 Å². The summed E-state index contributed by atoms with van der Waals surface area (Å²) in [5.41, 5.74) is 1.09. The van der Waals surface area contributed by atoms with Crippen LogP contribution in [0.3, 0.4) is 0 Å². The topological polar surface area (TPSA) is 39.7 Å². The summed E-state index contributed by atoms with van der Waals surface area (Å²) >= 11 is 0. The molecule has 0 unspecified atom stereocenters. The lowest BCUT2D eigenvalue weighted by Crippen LogP contribution is -2.16. The van der Waals surface area contributed by atoms with Crippen LogP contribution in [0, 0.1) is 6.92 Å². The lowest BCUT2D eigenvalue weighted by molar-refractivity contribution is 0.268. The van der Waals surface area contributed by atoms with E-state index in [-0.39, 0.29) is 0 Å². The standard InChI is InChI=1S/C16H27NO3/c1-5-8-17-9-6-7-10-20-16-14(18-3)11-13(2)12-15(16)19-4/h11-12,17H,5-10H2,1-4H3. The SMILES string of the molecule is CCCNCCCCOc1c(OC)cc(C)cc1OC. The normalized spacial score (nSPS) is 10.4. The highest BCUT2D eigenvalue weighted by Gasteiger charge is 2.12. The van der Waals surface area contributed by atoms with E-state index >= 15 is 0 Å². The first kappa shape index (κ1) is 16.6. The van der Waals surface area contributed by atoms with E-state index in [9.17, 15) is 0 Å². The third-order valence-electron chi connectivity index (χ3n) is 3.03. The summed E-state index contributed by atoms with van der Waals surface area (Å²) in [6.07, 6.45) is 3.29. The van der Waals surface area contributed by atoms with Gasteiger partial charge in [0.25, 0.3) is 0 Å². The maximum atomic E-state index is 5.83. The van der Waals surface area contributed by atoms with Crippen LogP contribution in [-0.4, -0.2) is 33.9 Å². The molecule has 1 aromatic rings. The van der Waals surface area contributed by atoms with Crippen molar-refractivity contribution in [3.63, 3.8) is 0 Å². The number of aryl methyl sites for hydroxylation is 1. The zero-order valence-electron chi connectivity index (χ0n) is 13.1. The number of hydrogen-bond acceptors (Lipinski definition) is 4. The maximum Gasteiger partial charge on any atom is 0.203 e. The molecule has 0 amide bonds. The molecule has 0 radical (unpaired) electrons. The van der Waals surface area contributed by atoms with E-state index in [4.69, 9.17) is 14.2 Å². The van der Waals surface area contributed by atoms with Crippen molar-refractivity contribution in [1.82, 2.24) is 5.32 Å². The quantitative estimate of drug-likeness (QED) is 0.669. The van der Waals surface area contributed by atoms with Crippen molar-refractivity contribution in [1.29, 1.82) is 0 Å². The summed E-state index contributed by atoms with van der Waals surface area (Å²) in [5.74, 6) is 2.15. The fourth-order valence-corrected chi connectivity index (χ4v) is 1.98. The van der Waals surface area contributed by atoms with Crippen LogP contribution < -0.4 is 19.5 Å². The second kappa shape index (κ2) is 9.48. The molecule has 0 spiro atoms. The monoisotopic (exact) mass is 281 g/mol. The van der Waals surface area contributed by atoms with Crippen LogP contribution in [0.2, 0.25) is 0 Å². The van der Waals surface area contributed by atoms with Crippen molar-refractivity contribution in [2.75, 3.05) is 33.9 Å². The Balaban J connectivity index is 2.46. The third kappa shape index (κ3) is 5.29. The van der Waals surface area contributed by atoms with Gasteiger partial charge in [-0.1, -0.05) is 6.92 Å². The Morgan fingerprint density at radius 2 is 1.65 bits per heavy atom. The van der Waals surface area contributed by atoms with Gasteiger partial charge < -0.3 is 19.5 Å². The summed E-state index contributed by atoms with van der Waals surface area (Å²) in [5, 5.41) is 3.38. The highest BCUT2D eigenvalue weighted by atomic mass is 16.5. The Labute approximate surface area is 122 Å². The molecule has 0 saturated carbocycles. The molecule has 0 aromatic heterocycles. The average Bonchev–Trinajstić information content (AvgIpc) is 2.46. The molecular weight excluding hydrogens is 254 g/mol. The van der Waals surface area contributed by atoms with Crippen LogP contribution in [-0.2, 0) is 0 Å². The van der Waals surface area contributed by atoms with Gasteiger partial charge in [0.1, 0.15) is 0 Å². The molecule has 114 valence electrons. The van der Waals surface area contributed by atoms with Gasteiger partial charge in [-0.3, -0.25) is 0 Å². The second-order valence-corrected chi connectivity index (χ2v) is 4.80. The third-order valence-corrected chi connectivity index (χ3v) is 3.03. The highest BCUT2D eigenvalue weighted by molar-refractivity contribution is 5.53. The van der Waals surface area contributed by atoms with Crippen molar-refractivity contribution in [2.24, 2.45) is 0 Å². The van der Waals surface area contributed by atoms with Crippen molar-refractivity contribution in [3.05, 3.63) is 17.7 Å². The number of rotatable bonds is 10. The minimum Gasteiger partial charge on any atom is -0.493 e. The largest absolute Gasteiger partial charge is 0.493 e. The summed E-state index contributed by atoms with van der Waals surface area (Å²) in [4.78, 5) is 0. The number of nitrogens with one attached hydrogen (secondary N) is 1. The average molecular weight is 281 g/mol. The lowest BCUT2D eigenvalue weighted by Gasteiger charge is -2.15. The van der Waals surface area contributed by atoms with Crippen LogP contribution in [0.4, 0.5) is 0 Å². The molecule has 0 heterocycles. The van der Waals surface area contributed by atoms with E-state index in [0.29, 0.717) is 12.4 Å². The van der Waals surface area contributed by atoms with Gasteiger partial charge in [-0.2, -0.15) is 0 Å². The number of benzene rings is 1. The number of unbranched alkanes of at least 4 members (excludes halogenated alkanes) is 1. The molecule has 0 aliphatic rings. The summed E-state index contributed by atoms with van der Waals surface area (Å²) in [6.45, 7) is 6.98. The summed E-state index contributed by atoms with van der Waals surface area (Å²) < 4.78 is 16.6. The fourth-order valence-electron chi connectivity index (χ4n) is 1.98. The maximum absolute atomic E-state index is 5.83. The van der Waals surface area contributed by atoms with E-state index in [1.165, 1.54) is 6.42 Å². The Hall–Kier alpha value is -1.42. The molecule has 0 bridgehead atoms. The van der Waals surface area contributed by atoms with Gasteiger partial charge >= 0.3 is 0 Å². The molecular formula is C16H27NO3. The van der Waals surface area contributed by atoms with E-state index in [1.807, 2.05) is 19.1 Å². The molecule has 0 fully saturated rings. The number of methoxy groups -OCH3 is 2. The second-order valence-electron chi connectivity index (χ2n) is 4.80. The van der Waals surface area contributed by atoms with Gasteiger partial charge in [0.05, 0.1) is 20.8 Å². The Morgan fingerprint density at radius 3 is 2.20 bits per heavy atom. The van der Waals surface area contributed by atoms with Crippen molar-refractivity contribution >= 4 is 0 Å². The predicted octanol–water partition coefficient (Wildman–Crippen LogP) is 3.17. The Morgan fingerprint density at radius 1 is 1.00 bits per heavy atom. The molecule has 1 rings (SSSR count). The van der Waals surface area contributed by atoms with Gasteiger partial charge in [0.15, 0.2) is 11.5 Å². The minimum atomic E-state index is 0.670. The lowest BCUT2D eigenvalue weighted by atomic mass is 10.2. The zero-order valence-corrected chi connectivity index (χ0v) is 13.1. The van der Waals surface area contributed by atoms with E-state index in [1.54, 1.807) is 14.2 Å². The molecule has 0 aliphatic carbocycles. The Bertz CT molecular complexity index is 368. The molecule has 20 heavy (non-hydrogen) atoms. The van der Waals surface area contributed by atoms with Crippen molar-refractivity contribution < 1.29 is 14.2 Å². The van der Waals surface area contributed by atoms with Crippen LogP contribution in [0.1, 0.15) is 31.7 Å². The summed E-state index contributed by atoms with van der Waals surface area (Å²) in [7, 11) is 3.30. The van der Waals surface area contributed by atoms with Crippen LogP contribution in [0.25, 0.3) is 0 Å². The van der Waals surface area contributed by atoms with Gasteiger partial charge in [0.2, 0.25) is 5.75 Å². The summed E-state index contributed by atoms with van der Waals surface area (Å²) in [6, 6.07) is 3.92. The van der Waals surface area contributed by atoms with E-state index in [2.05, 4.69) is 12.2 Å². The van der Waals surface area contributed by atoms with Crippen molar-refractivity contribution in [2.45, 2.75) is 33.1 Å². The molecule has 1 N–H and O–H groups in total. The molecule has 0 atom stereocenters. The fraction of sp³-hybridized carbons (Fsp3) is 0.625. The van der Waals surface area contributed by atoms with E-state index < -0.39 is 0 Å². The Kier molecular flexibility index (Phi) is 7.88. The van der Waals surface area contributed by atoms with Crippen LogP contribution in [0.15, 0.2) is 12.1 Å². The smallest absolute Gasteiger partial charge is 0.203 e. The molecule has 4 heteroatoms. The molecule has 1 aromatic carbocycles. The van der Waals surface area contributed by atoms with Crippen LogP contribution in [0.5, 0.6) is 17.2 Å². The van der Waals surface area contributed by atoms with Crippen molar-refractivity contribution in [3.8, 4) is 17.2 Å². The molecule has 0 aliphatic heterocycles. The van der Waals surface area contributed by atoms with Crippen LogP contribution >= 0.6 is 0 Å². The van der Waals surface area contributed by atoms with E-state index in [0.717, 1.165) is 43.0 Å². The number of hydrogen-bond donors (Lipinski definition) is 1. The first-order valence-electron chi connectivity index (χ1n) is 7.29. The van der Waals surface area contributed by atoms with Gasteiger partial charge in [-0.15, -0.1) is 0 Å². The first-order chi connectivity index (χ1) is 9.72. The predicted molar refractivity (Wildman–Crippen MR) is 82.2 cm³/mol. The highest BCUT2D eigenvalue weighted by Crippen LogP contribution is 2.38.